The number of aryl methyl sites for hydroxylation is 1. The third-order valence-corrected chi connectivity index (χ3v) is 3.66. The van der Waals surface area contributed by atoms with Gasteiger partial charge in [-0.25, -0.2) is 4.39 Å². The van der Waals surface area contributed by atoms with Crippen molar-refractivity contribution in [1.82, 2.24) is 0 Å². The SMILES string of the molecule is Cc1cc(F)ccc1CCNc1cc(Br)ccc1[N+](=O)[O-]. The molecule has 0 aliphatic carbocycles. The van der Waals surface area contributed by atoms with E-state index < -0.39 is 4.92 Å². The molecule has 0 radical (unpaired) electrons. The predicted molar refractivity (Wildman–Crippen MR) is 84.1 cm³/mol. The largest absolute Gasteiger partial charge is 0.379 e. The smallest absolute Gasteiger partial charge is 0.292 e. The number of hydrogen-bond acceptors (Lipinski definition) is 3. The average Bonchev–Trinajstić information content (AvgIpc) is 2.41. The van der Waals surface area contributed by atoms with Crippen LogP contribution in [0.15, 0.2) is 40.9 Å². The van der Waals surface area contributed by atoms with Gasteiger partial charge in [0.15, 0.2) is 0 Å². The van der Waals surface area contributed by atoms with Crippen LogP contribution < -0.4 is 5.32 Å². The minimum Gasteiger partial charge on any atom is -0.379 e. The minimum atomic E-state index is -0.419. The van der Waals surface area contributed by atoms with Crippen LogP contribution in [0.25, 0.3) is 0 Å². The van der Waals surface area contributed by atoms with E-state index in [-0.39, 0.29) is 11.5 Å². The molecule has 0 aliphatic rings. The zero-order chi connectivity index (χ0) is 15.4. The first-order chi connectivity index (χ1) is 9.97. The normalized spacial score (nSPS) is 10.4. The Morgan fingerprint density at radius 1 is 1.29 bits per heavy atom. The van der Waals surface area contributed by atoms with Gasteiger partial charge in [-0.3, -0.25) is 10.1 Å². The summed E-state index contributed by atoms with van der Waals surface area (Å²) in [6.07, 6.45) is 0.662. The van der Waals surface area contributed by atoms with Crippen molar-refractivity contribution in [1.29, 1.82) is 0 Å². The molecule has 0 bridgehead atoms. The second-order valence-corrected chi connectivity index (χ2v) is 5.58. The number of hydrogen-bond donors (Lipinski definition) is 1. The number of rotatable bonds is 5. The molecule has 0 saturated carbocycles. The van der Waals surface area contributed by atoms with Crippen LogP contribution in [-0.4, -0.2) is 11.5 Å². The molecule has 2 aromatic rings. The van der Waals surface area contributed by atoms with E-state index in [1.165, 1.54) is 18.2 Å². The van der Waals surface area contributed by atoms with E-state index in [0.29, 0.717) is 18.7 Å². The highest BCUT2D eigenvalue weighted by Gasteiger charge is 2.13. The third kappa shape index (κ3) is 4.01. The number of halogens is 2. The summed E-state index contributed by atoms with van der Waals surface area (Å²) < 4.78 is 13.8. The number of nitrogens with zero attached hydrogens (tertiary/aromatic N) is 1. The molecule has 2 rings (SSSR count). The summed E-state index contributed by atoms with van der Waals surface area (Å²) in [5.41, 5.74) is 2.39. The molecule has 2 aromatic carbocycles. The summed E-state index contributed by atoms with van der Waals surface area (Å²) in [5.74, 6) is -0.258. The van der Waals surface area contributed by atoms with Gasteiger partial charge < -0.3 is 5.32 Å². The van der Waals surface area contributed by atoms with Crippen molar-refractivity contribution in [2.45, 2.75) is 13.3 Å². The minimum absolute atomic E-state index is 0.0361. The van der Waals surface area contributed by atoms with E-state index in [9.17, 15) is 14.5 Å². The van der Waals surface area contributed by atoms with Gasteiger partial charge in [-0.1, -0.05) is 22.0 Å². The van der Waals surface area contributed by atoms with Gasteiger partial charge in [0, 0.05) is 17.1 Å². The van der Waals surface area contributed by atoms with Gasteiger partial charge in [-0.15, -0.1) is 0 Å². The van der Waals surface area contributed by atoms with Crippen LogP contribution in [0, 0.1) is 22.9 Å². The highest BCUT2D eigenvalue weighted by Crippen LogP contribution is 2.27. The summed E-state index contributed by atoms with van der Waals surface area (Å²) in [6.45, 7) is 2.38. The lowest BCUT2D eigenvalue weighted by molar-refractivity contribution is -0.384. The van der Waals surface area contributed by atoms with Gasteiger partial charge in [0.25, 0.3) is 5.69 Å². The van der Waals surface area contributed by atoms with Gasteiger partial charge >= 0.3 is 0 Å². The molecule has 0 spiro atoms. The standard InChI is InChI=1S/C15H14BrFN2O2/c1-10-8-13(17)4-2-11(10)6-7-18-14-9-12(16)3-5-15(14)19(20)21/h2-5,8-9,18H,6-7H2,1H3. The monoisotopic (exact) mass is 352 g/mol. The summed E-state index contributed by atoms with van der Waals surface area (Å²) in [5, 5.41) is 14.0. The average molecular weight is 353 g/mol. The Balaban J connectivity index is 2.06. The quantitative estimate of drug-likeness (QED) is 0.638. The van der Waals surface area contributed by atoms with Crippen LogP contribution in [0.2, 0.25) is 0 Å². The Labute approximate surface area is 130 Å². The van der Waals surface area contributed by atoms with E-state index in [1.807, 2.05) is 6.92 Å². The lowest BCUT2D eigenvalue weighted by Crippen LogP contribution is -2.07. The molecule has 0 unspecified atom stereocenters. The summed E-state index contributed by atoms with van der Waals surface area (Å²) in [6, 6.07) is 9.40. The summed E-state index contributed by atoms with van der Waals surface area (Å²) in [7, 11) is 0. The van der Waals surface area contributed by atoms with Crippen LogP contribution in [0.1, 0.15) is 11.1 Å². The van der Waals surface area contributed by atoms with E-state index in [1.54, 1.807) is 18.2 Å². The highest BCUT2D eigenvalue weighted by molar-refractivity contribution is 9.10. The Morgan fingerprint density at radius 3 is 2.71 bits per heavy atom. The molecule has 0 fully saturated rings. The van der Waals surface area contributed by atoms with Crippen molar-refractivity contribution in [3.05, 3.63) is 67.9 Å². The second-order valence-electron chi connectivity index (χ2n) is 4.67. The van der Waals surface area contributed by atoms with E-state index in [2.05, 4.69) is 21.2 Å². The fourth-order valence-electron chi connectivity index (χ4n) is 2.08. The molecule has 0 aromatic heterocycles. The maximum Gasteiger partial charge on any atom is 0.292 e. The van der Waals surface area contributed by atoms with Gasteiger partial charge in [-0.2, -0.15) is 0 Å². The van der Waals surface area contributed by atoms with Crippen molar-refractivity contribution in [2.24, 2.45) is 0 Å². The van der Waals surface area contributed by atoms with Crippen molar-refractivity contribution in [3.63, 3.8) is 0 Å². The van der Waals surface area contributed by atoms with E-state index >= 15 is 0 Å². The maximum atomic E-state index is 13.0. The summed E-state index contributed by atoms with van der Waals surface area (Å²) in [4.78, 5) is 10.5. The molecular weight excluding hydrogens is 339 g/mol. The van der Waals surface area contributed by atoms with Crippen molar-refractivity contribution in [2.75, 3.05) is 11.9 Å². The van der Waals surface area contributed by atoms with Gasteiger partial charge in [0.2, 0.25) is 0 Å². The maximum absolute atomic E-state index is 13.0. The zero-order valence-electron chi connectivity index (χ0n) is 11.4. The molecule has 21 heavy (non-hydrogen) atoms. The first-order valence-corrected chi connectivity index (χ1v) is 7.19. The summed E-state index contributed by atoms with van der Waals surface area (Å²) >= 11 is 3.30. The van der Waals surface area contributed by atoms with Crippen molar-refractivity contribution < 1.29 is 9.31 Å². The Bertz CT molecular complexity index is 677. The number of nitrogens with one attached hydrogen (secondary N) is 1. The van der Waals surface area contributed by atoms with Gasteiger partial charge in [0.05, 0.1) is 4.92 Å². The molecule has 4 nitrogen and oxygen atoms in total. The third-order valence-electron chi connectivity index (χ3n) is 3.17. The van der Waals surface area contributed by atoms with E-state index in [4.69, 9.17) is 0 Å². The van der Waals surface area contributed by atoms with Crippen LogP contribution in [0.5, 0.6) is 0 Å². The Hall–Kier alpha value is -1.95. The van der Waals surface area contributed by atoms with Crippen LogP contribution in [0.4, 0.5) is 15.8 Å². The molecule has 1 N–H and O–H groups in total. The van der Waals surface area contributed by atoms with Crippen molar-refractivity contribution >= 4 is 27.3 Å². The molecule has 0 atom stereocenters. The van der Waals surface area contributed by atoms with Crippen LogP contribution >= 0.6 is 15.9 Å². The van der Waals surface area contributed by atoms with E-state index in [0.717, 1.165) is 15.6 Å². The van der Waals surface area contributed by atoms with Crippen LogP contribution in [0.3, 0.4) is 0 Å². The second kappa shape index (κ2) is 6.67. The molecule has 0 heterocycles. The van der Waals surface area contributed by atoms with Crippen molar-refractivity contribution in [3.8, 4) is 0 Å². The molecule has 0 amide bonds. The fraction of sp³-hybridized carbons (Fsp3) is 0.200. The number of nitro benzene ring substituents is 1. The van der Waals surface area contributed by atoms with Gasteiger partial charge in [0.1, 0.15) is 11.5 Å². The highest BCUT2D eigenvalue weighted by atomic mass is 79.9. The predicted octanol–water partition coefficient (Wildman–Crippen LogP) is 4.46. The Morgan fingerprint density at radius 2 is 2.05 bits per heavy atom. The van der Waals surface area contributed by atoms with Gasteiger partial charge in [-0.05, 0) is 48.7 Å². The lowest BCUT2D eigenvalue weighted by Gasteiger charge is -2.09. The number of nitro groups is 1. The number of anilines is 1. The Kier molecular flexibility index (Phi) is 4.90. The lowest BCUT2D eigenvalue weighted by atomic mass is 10.1. The first-order valence-electron chi connectivity index (χ1n) is 6.40. The number of benzene rings is 2. The molecular formula is C15H14BrFN2O2. The molecule has 0 aliphatic heterocycles. The first kappa shape index (κ1) is 15.4. The van der Waals surface area contributed by atoms with Crippen LogP contribution in [-0.2, 0) is 6.42 Å². The molecule has 0 saturated heterocycles. The topological polar surface area (TPSA) is 55.2 Å². The molecule has 6 heteroatoms. The zero-order valence-corrected chi connectivity index (χ0v) is 13.0. The molecule has 110 valence electrons. The fourth-order valence-corrected chi connectivity index (χ4v) is 2.44.